The van der Waals surface area contributed by atoms with E-state index in [-0.39, 0.29) is 30.2 Å². The lowest BCUT2D eigenvalue weighted by atomic mass is 9.85. The van der Waals surface area contributed by atoms with E-state index >= 15 is 0 Å². The summed E-state index contributed by atoms with van der Waals surface area (Å²) in [6.07, 6.45) is 2.38. The molecule has 0 aromatic heterocycles. The number of benzene rings is 1. The van der Waals surface area contributed by atoms with Crippen LogP contribution in [0.5, 0.6) is 0 Å². The van der Waals surface area contributed by atoms with E-state index in [1.165, 1.54) is 12.7 Å². The van der Waals surface area contributed by atoms with Crippen molar-refractivity contribution in [2.45, 2.75) is 38.6 Å². The Morgan fingerprint density at radius 3 is 2.67 bits per heavy atom. The molecule has 1 aliphatic rings. The van der Waals surface area contributed by atoms with Crippen molar-refractivity contribution in [3.63, 3.8) is 0 Å². The number of aryl methyl sites for hydroxylation is 1. The zero-order chi connectivity index (χ0) is 15.2. The van der Waals surface area contributed by atoms with Crippen molar-refractivity contribution in [3.05, 3.63) is 35.9 Å². The Labute approximate surface area is 126 Å². The Kier molecular flexibility index (Phi) is 5.76. The highest BCUT2D eigenvalue weighted by Crippen LogP contribution is 2.35. The van der Waals surface area contributed by atoms with E-state index in [4.69, 9.17) is 14.2 Å². The van der Waals surface area contributed by atoms with Crippen LogP contribution in [0, 0.1) is 11.8 Å². The predicted octanol–water partition coefficient (Wildman–Crippen LogP) is 2.81. The van der Waals surface area contributed by atoms with Crippen LogP contribution >= 0.6 is 0 Å². The number of ether oxygens (including phenoxy) is 3. The minimum Gasteiger partial charge on any atom is -0.469 e. The van der Waals surface area contributed by atoms with Crippen molar-refractivity contribution < 1.29 is 19.0 Å². The summed E-state index contributed by atoms with van der Waals surface area (Å²) in [7, 11) is 3.07. The van der Waals surface area contributed by atoms with Crippen LogP contribution in [0.25, 0.3) is 0 Å². The smallest absolute Gasteiger partial charge is 0.308 e. The fraction of sp³-hybridized carbons (Fsp3) is 0.588. The monoisotopic (exact) mass is 292 g/mol. The first kappa shape index (κ1) is 16.0. The van der Waals surface area contributed by atoms with Gasteiger partial charge in [0.2, 0.25) is 0 Å². The number of methoxy groups -OCH3 is 2. The van der Waals surface area contributed by atoms with Gasteiger partial charge in [0.05, 0.1) is 19.1 Å². The van der Waals surface area contributed by atoms with Gasteiger partial charge in [-0.1, -0.05) is 37.3 Å². The maximum absolute atomic E-state index is 11.8. The quantitative estimate of drug-likeness (QED) is 0.756. The van der Waals surface area contributed by atoms with E-state index in [1.807, 2.05) is 25.1 Å². The summed E-state index contributed by atoms with van der Waals surface area (Å²) in [6.45, 7) is 1.91. The van der Waals surface area contributed by atoms with Gasteiger partial charge >= 0.3 is 5.97 Å². The molecule has 0 radical (unpaired) electrons. The van der Waals surface area contributed by atoms with Gasteiger partial charge in [0.1, 0.15) is 0 Å². The van der Waals surface area contributed by atoms with Crippen LogP contribution in [0.3, 0.4) is 0 Å². The third-order valence-corrected chi connectivity index (χ3v) is 4.31. The topological polar surface area (TPSA) is 44.8 Å². The van der Waals surface area contributed by atoms with Crippen molar-refractivity contribution in [1.29, 1.82) is 0 Å². The molecule has 0 N–H and O–H groups in total. The van der Waals surface area contributed by atoms with Gasteiger partial charge in [-0.2, -0.15) is 0 Å². The van der Waals surface area contributed by atoms with Gasteiger partial charge in [-0.3, -0.25) is 4.79 Å². The molecule has 1 aromatic rings. The van der Waals surface area contributed by atoms with Crippen LogP contribution in [0.4, 0.5) is 0 Å². The van der Waals surface area contributed by atoms with Gasteiger partial charge in [-0.15, -0.1) is 0 Å². The second-order valence-electron chi connectivity index (χ2n) is 5.58. The number of carbonyl (C=O) groups excluding carboxylic acids is 1. The van der Waals surface area contributed by atoms with Crippen molar-refractivity contribution in [2.75, 3.05) is 14.2 Å². The van der Waals surface area contributed by atoms with E-state index in [9.17, 15) is 4.79 Å². The Bertz CT molecular complexity index is 445. The molecule has 1 saturated heterocycles. The molecule has 0 amide bonds. The largest absolute Gasteiger partial charge is 0.469 e. The molecule has 0 unspecified atom stereocenters. The maximum Gasteiger partial charge on any atom is 0.308 e. The standard InChI is InChI=1S/C17H24O4/c1-12(17(18)20-3)14-11-16(19-2)21-15(14)10-9-13-7-5-4-6-8-13/h4-8,12,14-16H,9-11H2,1-3H3/t12-,14+,15+,16-/m0/s1. The fourth-order valence-corrected chi connectivity index (χ4v) is 3.00. The summed E-state index contributed by atoms with van der Waals surface area (Å²) in [5.41, 5.74) is 1.28. The molecule has 4 nitrogen and oxygen atoms in total. The molecule has 1 aromatic carbocycles. The predicted molar refractivity (Wildman–Crippen MR) is 79.7 cm³/mol. The molecule has 1 heterocycles. The highest BCUT2D eigenvalue weighted by atomic mass is 16.7. The Balaban J connectivity index is 1.99. The molecular weight excluding hydrogens is 268 g/mol. The van der Waals surface area contributed by atoms with Crippen molar-refractivity contribution in [1.82, 2.24) is 0 Å². The number of carbonyl (C=O) groups is 1. The number of esters is 1. The minimum absolute atomic E-state index is 0.0317. The number of rotatable bonds is 6. The minimum atomic E-state index is -0.220. The Hall–Kier alpha value is -1.39. The van der Waals surface area contributed by atoms with Gasteiger partial charge in [0.25, 0.3) is 0 Å². The average Bonchev–Trinajstić information content (AvgIpc) is 2.95. The summed E-state index contributed by atoms with van der Waals surface area (Å²) in [6, 6.07) is 10.3. The van der Waals surface area contributed by atoms with E-state index in [0.29, 0.717) is 0 Å². The van der Waals surface area contributed by atoms with Gasteiger partial charge in [0.15, 0.2) is 6.29 Å². The third kappa shape index (κ3) is 4.05. The second-order valence-corrected chi connectivity index (χ2v) is 5.58. The van der Waals surface area contributed by atoms with Crippen LogP contribution in [0.1, 0.15) is 25.3 Å². The molecule has 0 spiro atoms. The number of hydrogen-bond acceptors (Lipinski definition) is 4. The summed E-state index contributed by atoms with van der Waals surface area (Å²) in [5, 5.41) is 0. The third-order valence-electron chi connectivity index (χ3n) is 4.31. The van der Waals surface area contributed by atoms with E-state index in [0.717, 1.165) is 19.3 Å². The van der Waals surface area contributed by atoms with Crippen LogP contribution in [-0.4, -0.2) is 32.6 Å². The van der Waals surface area contributed by atoms with Gasteiger partial charge in [-0.05, 0) is 18.4 Å². The molecule has 0 bridgehead atoms. The molecule has 0 aliphatic carbocycles. The van der Waals surface area contributed by atoms with Crippen LogP contribution in [-0.2, 0) is 25.4 Å². The van der Waals surface area contributed by atoms with Crippen LogP contribution < -0.4 is 0 Å². The Morgan fingerprint density at radius 2 is 2.05 bits per heavy atom. The lowest BCUT2D eigenvalue weighted by Gasteiger charge is -2.22. The number of hydrogen-bond donors (Lipinski definition) is 0. The fourth-order valence-electron chi connectivity index (χ4n) is 3.00. The SMILES string of the molecule is COC(=O)[C@@H](C)[C@H]1C[C@@H](OC)O[C@@H]1CCc1ccccc1. The van der Waals surface area contributed by atoms with Crippen molar-refractivity contribution in [2.24, 2.45) is 11.8 Å². The normalized spacial score (nSPS) is 26.5. The maximum atomic E-state index is 11.8. The molecular formula is C17H24O4. The highest BCUT2D eigenvalue weighted by Gasteiger charge is 2.40. The van der Waals surface area contributed by atoms with Gasteiger partial charge in [0, 0.05) is 19.4 Å². The zero-order valence-corrected chi connectivity index (χ0v) is 13.0. The van der Waals surface area contributed by atoms with Crippen LogP contribution in [0.15, 0.2) is 30.3 Å². The molecule has 4 atom stereocenters. The lowest BCUT2D eigenvalue weighted by Crippen LogP contribution is -2.29. The molecule has 1 fully saturated rings. The van der Waals surface area contributed by atoms with E-state index in [2.05, 4.69) is 12.1 Å². The van der Waals surface area contributed by atoms with Crippen molar-refractivity contribution in [3.8, 4) is 0 Å². The lowest BCUT2D eigenvalue weighted by molar-refractivity contribution is -0.148. The van der Waals surface area contributed by atoms with E-state index in [1.54, 1.807) is 7.11 Å². The molecule has 21 heavy (non-hydrogen) atoms. The second kappa shape index (κ2) is 7.57. The molecule has 2 rings (SSSR count). The highest BCUT2D eigenvalue weighted by molar-refractivity contribution is 5.72. The Morgan fingerprint density at radius 1 is 1.33 bits per heavy atom. The first-order chi connectivity index (χ1) is 10.2. The van der Waals surface area contributed by atoms with Gasteiger partial charge in [-0.25, -0.2) is 0 Å². The molecule has 4 heteroatoms. The summed E-state index contributed by atoms with van der Waals surface area (Å²) >= 11 is 0. The van der Waals surface area contributed by atoms with Gasteiger partial charge < -0.3 is 14.2 Å². The van der Waals surface area contributed by atoms with Crippen molar-refractivity contribution >= 4 is 5.97 Å². The average molecular weight is 292 g/mol. The van der Waals surface area contributed by atoms with Crippen LogP contribution in [0.2, 0.25) is 0 Å². The zero-order valence-electron chi connectivity index (χ0n) is 13.0. The molecule has 0 saturated carbocycles. The molecule has 1 aliphatic heterocycles. The summed E-state index contributed by atoms with van der Waals surface area (Å²) < 4.78 is 16.1. The molecule has 116 valence electrons. The summed E-state index contributed by atoms with van der Waals surface area (Å²) in [5.74, 6) is -0.202. The summed E-state index contributed by atoms with van der Waals surface area (Å²) in [4.78, 5) is 11.8. The first-order valence-electron chi connectivity index (χ1n) is 7.45. The first-order valence-corrected chi connectivity index (χ1v) is 7.45. The van der Waals surface area contributed by atoms with E-state index < -0.39 is 0 Å².